The summed E-state index contributed by atoms with van der Waals surface area (Å²) in [6, 6.07) is 9.05. The zero-order valence-electron chi connectivity index (χ0n) is 19.8. The van der Waals surface area contributed by atoms with Gasteiger partial charge < -0.3 is 34.8 Å². The largest absolute Gasteiger partial charge is 0.387 e. The van der Waals surface area contributed by atoms with Crippen molar-refractivity contribution in [3.05, 3.63) is 47.5 Å². The summed E-state index contributed by atoms with van der Waals surface area (Å²) in [5, 5.41) is 24.8. The highest BCUT2D eigenvalue weighted by molar-refractivity contribution is 7.52. The highest BCUT2D eigenvalue weighted by Gasteiger charge is 2.45. The van der Waals surface area contributed by atoms with Crippen LogP contribution in [0, 0.1) is 0 Å². The SMILES string of the molecule is O=P(O)(O)C(Cc1ccccc1)OC[C@H]1O[C@@H](n2cnc3c(NC4CCCC4)nc(Cl)nc32)[C@H](O)[C@@H]1O. The van der Waals surface area contributed by atoms with Crippen molar-refractivity contribution in [2.75, 3.05) is 11.9 Å². The van der Waals surface area contributed by atoms with Gasteiger partial charge >= 0.3 is 7.60 Å². The molecule has 2 aliphatic rings. The molecule has 2 aromatic heterocycles. The van der Waals surface area contributed by atoms with Gasteiger partial charge in [0.25, 0.3) is 0 Å². The third-order valence-electron chi connectivity index (χ3n) is 6.78. The third-order valence-corrected chi connectivity index (χ3v) is 8.03. The molecule has 3 heterocycles. The van der Waals surface area contributed by atoms with E-state index in [1.54, 1.807) is 30.3 Å². The van der Waals surface area contributed by atoms with E-state index in [-0.39, 0.29) is 24.4 Å². The topological polar surface area (TPSA) is 172 Å². The fourth-order valence-electron chi connectivity index (χ4n) is 4.83. The number of anilines is 1. The van der Waals surface area contributed by atoms with E-state index in [2.05, 4.69) is 20.3 Å². The first-order valence-electron chi connectivity index (χ1n) is 12.1. The molecule has 1 aliphatic carbocycles. The van der Waals surface area contributed by atoms with Crippen molar-refractivity contribution < 1.29 is 34.0 Å². The quantitative estimate of drug-likeness (QED) is 0.194. The van der Waals surface area contributed by atoms with Crippen molar-refractivity contribution >= 4 is 36.2 Å². The summed E-state index contributed by atoms with van der Waals surface area (Å²) in [5.41, 5.74) is 1.45. The molecule has 0 spiro atoms. The van der Waals surface area contributed by atoms with Gasteiger partial charge in [-0.3, -0.25) is 9.13 Å². The lowest BCUT2D eigenvalue weighted by molar-refractivity contribution is -0.0722. The van der Waals surface area contributed by atoms with Gasteiger partial charge in [0.05, 0.1) is 12.9 Å². The van der Waals surface area contributed by atoms with E-state index in [0.717, 1.165) is 25.7 Å². The standard InChI is InChI=1S/C23H29ClN5O7P/c24-23-27-20(26-14-8-4-5-9-14)17-21(28-23)29(12-25-17)22-19(31)18(30)15(36-22)11-35-16(37(32,33)34)10-13-6-2-1-3-7-13/h1-3,6-7,12,14-16,18-19,22,30-31H,4-5,8-11H2,(H,26,27,28)(H2,32,33,34)/t15-,16?,18-,19-,22-/m1/s1. The summed E-state index contributed by atoms with van der Waals surface area (Å²) in [7, 11) is -4.63. The minimum Gasteiger partial charge on any atom is -0.387 e. The zero-order valence-corrected chi connectivity index (χ0v) is 21.4. The summed E-state index contributed by atoms with van der Waals surface area (Å²) < 4.78 is 24.9. The second kappa shape index (κ2) is 10.9. The molecule has 1 saturated carbocycles. The molecule has 0 amide bonds. The highest BCUT2D eigenvalue weighted by Crippen LogP contribution is 2.44. The van der Waals surface area contributed by atoms with Crippen molar-refractivity contribution in [2.45, 2.75) is 68.5 Å². The number of benzene rings is 1. The van der Waals surface area contributed by atoms with Crippen LogP contribution in [0.4, 0.5) is 5.82 Å². The average molecular weight is 554 g/mol. The Morgan fingerprint density at radius 1 is 1.16 bits per heavy atom. The molecule has 200 valence electrons. The Bertz CT molecular complexity index is 1270. The van der Waals surface area contributed by atoms with Gasteiger partial charge in [-0.15, -0.1) is 0 Å². The van der Waals surface area contributed by atoms with Crippen LogP contribution in [0.2, 0.25) is 5.28 Å². The van der Waals surface area contributed by atoms with Gasteiger partial charge in [0.1, 0.15) is 18.3 Å². The molecule has 0 bridgehead atoms. The maximum atomic E-state index is 12.0. The molecule has 1 saturated heterocycles. The summed E-state index contributed by atoms with van der Waals surface area (Å²) >= 11 is 6.18. The Morgan fingerprint density at radius 3 is 2.59 bits per heavy atom. The molecule has 3 aromatic rings. The van der Waals surface area contributed by atoms with Crippen LogP contribution in [0.5, 0.6) is 0 Å². The number of nitrogens with one attached hydrogen (secondary N) is 1. The lowest BCUT2D eigenvalue weighted by Crippen LogP contribution is -2.35. The first kappa shape index (κ1) is 26.5. The number of hydrogen-bond donors (Lipinski definition) is 5. The second-order valence-corrected chi connectivity index (χ2v) is 11.5. The number of ether oxygens (including phenoxy) is 2. The van der Waals surface area contributed by atoms with Gasteiger partial charge in [-0.25, -0.2) is 4.98 Å². The number of halogens is 1. The van der Waals surface area contributed by atoms with E-state index in [0.29, 0.717) is 22.5 Å². The molecule has 1 aliphatic heterocycles. The number of aromatic nitrogens is 4. The highest BCUT2D eigenvalue weighted by atomic mass is 35.5. The minimum atomic E-state index is -4.63. The molecule has 1 unspecified atom stereocenters. The van der Waals surface area contributed by atoms with E-state index in [1.807, 2.05) is 0 Å². The van der Waals surface area contributed by atoms with E-state index in [9.17, 15) is 24.6 Å². The number of rotatable bonds is 9. The van der Waals surface area contributed by atoms with Gasteiger partial charge in [-0.2, -0.15) is 9.97 Å². The smallest absolute Gasteiger partial charge is 0.354 e. The zero-order chi connectivity index (χ0) is 26.2. The van der Waals surface area contributed by atoms with E-state index >= 15 is 0 Å². The molecule has 2 fully saturated rings. The predicted molar refractivity (Wildman–Crippen MR) is 134 cm³/mol. The van der Waals surface area contributed by atoms with Crippen molar-refractivity contribution in [3.63, 3.8) is 0 Å². The molecule has 14 heteroatoms. The lowest BCUT2D eigenvalue weighted by Gasteiger charge is -2.22. The summed E-state index contributed by atoms with van der Waals surface area (Å²) in [5.74, 6) is -0.953. The Hall–Kier alpha value is -2.15. The predicted octanol–water partition coefficient (Wildman–Crippen LogP) is 2.22. The molecular weight excluding hydrogens is 525 g/mol. The van der Waals surface area contributed by atoms with Crippen molar-refractivity contribution in [2.24, 2.45) is 0 Å². The maximum absolute atomic E-state index is 12.0. The van der Waals surface area contributed by atoms with Gasteiger partial charge in [0.2, 0.25) is 5.28 Å². The molecule has 5 N–H and O–H groups in total. The van der Waals surface area contributed by atoms with Gasteiger partial charge in [-0.05, 0) is 30.0 Å². The molecule has 37 heavy (non-hydrogen) atoms. The van der Waals surface area contributed by atoms with Crippen LogP contribution in [0.25, 0.3) is 11.2 Å². The van der Waals surface area contributed by atoms with Crippen LogP contribution in [-0.4, -0.2) is 76.3 Å². The first-order chi connectivity index (χ1) is 17.7. The van der Waals surface area contributed by atoms with Crippen LogP contribution < -0.4 is 5.32 Å². The Kier molecular flexibility index (Phi) is 7.80. The Labute approximate surface area is 217 Å². The lowest BCUT2D eigenvalue weighted by atomic mass is 10.1. The minimum absolute atomic E-state index is 0.00642. The van der Waals surface area contributed by atoms with Crippen LogP contribution in [0.15, 0.2) is 36.7 Å². The molecule has 5 rings (SSSR count). The summed E-state index contributed by atoms with van der Waals surface area (Å²) in [6.45, 7) is -0.353. The summed E-state index contributed by atoms with van der Waals surface area (Å²) in [6.07, 6.45) is 0.781. The molecule has 0 radical (unpaired) electrons. The number of aliphatic hydroxyl groups is 2. The number of imidazole rings is 1. The van der Waals surface area contributed by atoms with Crippen molar-refractivity contribution in [1.82, 2.24) is 19.5 Å². The number of aliphatic hydroxyl groups excluding tert-OH is 2. The van der Waals surface area contributed by atoms with Gasteiger partial charge in [-0.1, -0.05) is 43.2 Å². The Morgan fingerprint density at radius 2 is 1.89 bits per heavy atom. The number of hydrogen-bond acceptors (Lipinski definition) is 9. The summed E-state index contributed by atoms with van der Waals surface area (Å²) in [4.78, 5) is 32.5. The second-order valence-electron chi connectivity index (χ2n) is 9.40. The number of fused-ring (bicyclic) bond motifs is 1. The first-order valence-corrected chi connectivity index (χ1v) is 14.2. The van der Waals surface area contributed by atoms with Gasteiger partial charge in [0.15, 0.2) is 29.1 Å². The van der Waals surface area contributed by atoms with Crippen LogP contribution in [0.3, 0.4) is 0 Å². The normalized spacial score (nSPS) is 25.6. The molecule has 1 aromatic carbocycles. The fraction of sp³-hybridized carbons (Fsp3) is 0.522. The van der Waals surface area contributed by atoms with E-state index in [1.165, 1.54) is 10.9 Å². The average Bonchev–Trinajstić information content (AvgIpc) is 3.58. The monoisotopic (exact) mass is 553 g/mol. The van der Waals surface area contributed by atoms with E-state index < -0.39 is 38.0 Å². The Balaban J connectivity index is 1.32. The van der Waals surface area contributed by atoms with Crippen molar-refractivity contribution in [1.29, 1.82) is 0 Å². The van der Waals surface area contributed by atoms with Gasteiger partial charge in [0, 0.05) is 12.5 Å². The van der Waals surface area contributed by atoms with Crippen LogP contribution >= 0.6 is 19.2 Å². The van der Waals surface area contributed by atoms with Crippen molar-refractivity contribution in [3.8, 4) is 0 Å². The molecule has 12 nitrogen and oxygen atoms in total. The maximum Gasteiger partial charge on any atom is 0.354 e. The molecular formula is C23H29ClN5O7P. The fourth-order valence-corrected chi connectivity index (χ4v) is 5.73. The molecule has 5 atom stereocenters. The van der Waals surface area contributed by atoms with Crippen LogP contribution in [0.1, 0.15) is 37.5 Å². The number of nitrogens with zero attached hydrogens (tertiary/aromatic N) is 4. The third kappa shape index (κ3) is 5.81. The van der Waals surface area contributed by atoms with Crippen LogP contribution in [-0.2, 0) is 20.5 Å². The van der Waals surface area contributed by atoms with E-state index in [4.69, 9.17) is 21.1 Å².